The number of aryl methyl sites for hydroxylation is 2. The number of aromatic amines is 1. The Hall–Kier alpha value is -1.77. The number of H-pyrrole nitrogens is 1. The molecule has 0 saturated heterocycles. The van der Waals surface area contributed by atoms with Crippen molar-refractivity contribution < 1.29 is 0 Å². The van der Waals surface area contributed by atoms with E-state index in [1.807, 2.05) is 14.0 Å². The second-order valence-corrected chi connectivity index (χ2v) is 3.68. The minimum absolute atomic E-state index is 0.809. The molecule has 78 valence electrons. The standard InChI is InChI=1S/C12H15N3/c1-8-5-4-6-10(7-8)11-9(2)14-12(13-3)15-11/h4-7H,1-3H3,(H2,13,14,15). The maximum Gasteiger partial charge on any atom is 0.200 e. The molecule has 1 aromatic heterocycles. The first-order chi connectivity index (χ1) is 7.20. The van der Waals surface area contributed by atoms with Crippen molar-refractivity contribution in [2.75, 3.05) is 12.4 Å². The number of hydrogen-bond acceptors (Lipinski definition) is 2. The van der Waals surface area contributed by atoms with E-state index >= 15 is 0 Å². The van der Waals surface area contributed by atoms with E-state index in [0.717, 1.165) is 22.9 Å². The van der Waals surface area contributed by atoms with E-state index in [4.69, 9.17) is 0 Å². The van der Waals surface area contributed by atoms with Gasteiger partial charge in [-0.15, -0.1) is 0 Å². The number of hydrogen-bond donors (Lipinski definition) is 2. The van der Waals surface area contributed by atoms with Crippen LogP contribution in [0.4, 0.5) is 5.95 Å². The summed E-state index contributed by atoms with van der Waals surface area (Å²) in [6, 6.07) is 8.36. The second kappa shape index (κ2) is 3.77. The molecule has 2 rings (SSSR count). The van der Waals surface area contributed by atoms with Crippen molar-refractivity contribution in [3.05, 3.63) is 35.5 Å². The minimum Gasteiger partial charge on any atom is -0.359 e. The molecule has 0 atom stereocenters. The van der Waals surface area contributed by atoms with E-state index in [0.29, 0.717) is 0 Å². The highest BCUT2D eigenvalue weighted by molar-refractivity contribution is 5.64. The van der Waals surface area contributed by atoms with Gasteiger partial charge in [-0.2, -0.15) is 0 Å². The number of aromatic nitrogens is 2. The molecule has 0 radical (unpaired) electrons. The van der Waals surface area contributed by atoms with Crippen molar-refractivity contribution in [1.82, 2.24) is 9.97 Å². The van der Waals surface area contributed by atoms with Crippen LogP contribution < -0.4 is 5.32 Å². The van der Waals surface area contributed by atoms with Crippen LogP contribution in [0.15, 0.2) is 24.3 Å². The Labute approximate surface area is 89.6 Å². The van der Waals surface area contributed by atoms with E-state index in [1.165, 1.54) is 5.56 Å². The predicted molar refractivity (Wildman–Crippen MR) is 63.0 cm³/mol. The van der Waals surface area contributed by atoms with Crippen molar-refractivity contribution in [2.45, 2.75) is 13.8 Å². The van der Waals surface area contributed by atoms with Gasteiger partial charge < -0.3 is 10.3 Å². The molecule has 0 fully saturated rings. The van der Waals surface area contributed by atoms with Gasteiger partial charge in [-0.1, -0.05) is 23.8 Å². The van der Waals surface area contributed by atoms with Gasteiger partial charge in [0.05, 0.1) is 5.69 Å². The lowest BCUT2D eigenvalue weighted by Gasteiger charge is -1.99. The summed E-state index contributed by atoms with van der Waals surface area (Å²) < 4.78 is 0. The molecule has 0 unspecified atom stereocenters. The Morgan fingerprint density at radius 3 is 2.67 bits per heavy atom. The van der Waals surface area contributed by atoms with Gasteiger partial charge >= 0.3 is 0 Å². The normalized spacial score (nSPS) is 10.3. The quantitative estimate of drug-likeness (QED) is 0.784. The van der Waals surface area contributed by atoms with Gasteiger partial charge in [0.1, 0.15) is 0 Å². The first kappa shape index (κ1) is 9.77. The molecule has 2 N–H and O–H groups in total. The average Bonchev–Trinajstić information content (AvgIpc) is 2.60. The first-order valence-corrected chi connectivity index (χ1v) is 5.02. The van der Waals surface area contributed by atoms with Crippen molar-refractivity contribution in [2.24, 2.45) is 0 Å². The molecular weight excluding hydrogens is 186 g/mol. The largest absolute Gasteiger partial charge is 0.359 e. The van der Waals surface area contributed by atoms with Gasteiger partial charge in [0, 0.05) is 18.3 Å². The highest BCUT2D eigenvalue weighted by Gasteiger charge is 2.07. The molecule has 3 nitrogen and oxygen atoms in total. The van der Waals surface area contributed by atoms with Crippen LogP contribution in [0.2, 0.25) is 0 Å². The number of nitrogens with one attached hydrogen (secondary N) is 2. The molecule has 0 aliphatic rings. The molecule has 2 aromatic rings. The molecule has 1 aromatic carbocycles. The molecule has 1 heterocycles. The van der Waals surface area contributed by atoms with Gasteiger partial charge in [0.15, 0.2) is 0 Å². The summed E-state index contributed by atoms with van der Waals surface area (Å²) in [5.41, 5.74) is 4.51. The molecule has 0 bridgehead atoms. The van der Waals surface area contributed by atoms with Crippen LogP contribution in [-0.2, 0) is 0 Å². The van der Waals surface area contributed by atoms with Crippen molar-refractivity contribution >= 4 is 5.95 Å². The zero-order valence-corrected chi connectivity index (χ0v) is 9.26. The lowest BCUT2D eigenvalue weighted by molar-refractivity contribution is 1.23. The van der Waals surface area contributed by atoms with Crippen LogP contribution in [0.5, 0.6) is 0 Å². The zero-order chi connectivity index (χ0) is 10.8. The second-order valence-electron chi connectivity index (χ2n) is 3.68. The van der Waals surface area contributed by atoms with Crippen LogP contribution in [0.25, 0.3) is 11.3 Å². The summed E-state index contributed by atoms with van der Waals surface area (Å²) >= 11 is 0. The van der Waals surface area contributed by atoms with Gasteiger partial charge in [0.25, 0.3) is 0 Å². The van der Waals surface area contributed by atoms with Gasteiger partial charge in [0.2, 0.25) is 5.95 Å². The van der Waals surface area contributed by atoms with E-state index < -0.39 is 0 Å². The van der Waals surface area contributed by atoms with E-state index in [9.17, 15) is 0 Å². The van der Waals surface area contributed by atoms with Crippen LogP contribution in [-0.4, -0.2) is 17.0 Å². The fourth-order valence-corrected chi connectivity index (χ4v) is 1.65. The summed E-state index contributed by atoms with van der Waals surface area (Å²) in [5, 5.41) is 3.01. The van der Waals surface area contributed by atoms with Crippen molar-refractivity contribution in [3.63, 3.8) is 0 Å². The SMILES string of the molecule is CNc1nc(-c2cccc(C)c2)c(C)[nH]1. The third kappa shape index (κ3) is 1.86. The molecule has 0 saturated carbocycles. The Morgan fingerprint density at radius 1 is 1.27 bits per heavy atom. The third-order valence-corrected chi connectivity index (χ3v) is 2.41. The smallest absolute Gasteiger partial charge is 0.200 e. The minimum atomic E-state index is 0.809. The van der Waals surface area contributed by atoms with E-state index in [1.54, 1.807) is 0 Å². The average molecular weight is 201 g/mol. The Bertz CT molecular complexity index is 471. The zero-order valence-electron chi connectivity index (χ0n) is 9.26. The Kier molecular flexibility index (Phi) is 2.46. The number of benzene rings is 1. The van der Waals surface area contributed by atoms with E-state index in [2.05, 4.69) is 46.5 Å². The van der Waals surface area contributed by atoms with Gasteiger partial charge in [-0.3, -0.25) is 0 Å². The number of anilines is 1. The van der Waals surface area contributed by atoms with Crippen molar-refractivity contribution in [3.8, 4) is 11.3 Å². The summed E-state index contributed by atoms with van der Waals surface area (Å²) in [5.74, 6) is 0.809. The number of imidazole rings is 1. The maximum atomic E-state index is 4.47. The summed E-state index contributed by atoms with van der Waals surface area (Å²) in [6.45, 7) is 4.12. The highest BCUT2D eigenvalue weighted by Crippen LogP contribution is 2.23. The lowest BCUT2D eigenvalue weighted by Crippen LogP contribution is -1.89. The van der Waals surface area contributed by atoms with Crippen LogP contribution >= 0.6 is 0 Å². The Morgan fingerprint density at radius 2 is 2.07 bits per heavy atom. The first-order valence-electron chi connectivity index (χ1n) is 5.02. The number of nitrogens with zero attached hydrogens (tertiary/aromatic N) is 1. The summed E-state index contributed by atoms with van der Waals surface area (Å²) in [6.07, 6.45) is 0. The molecule has 0 spiro atoms. The molecule has 15 heavy (non-hydrogen) atoms. The van der Waals surface area contributed by atoms with Crippen LogP contribution in [0.1, 0.15) is 11.3 Å². The van der Waals surface area contributed by atoms with E-state index in [-0.39, 0.29) is 0 Å². The summed E-state index contributed by atoms with van der Waals surface area (Å²) in [4.78, 5) is 7.66. The molecule has 0 amide bonds. The van der Waals surface area contributed by atoms with Crippen LogP contribution in [0, 0.1) is 13.8 Å². The fraction of sp³-hybridized carbons (Fsp3) is 0.250. The van der Waals surface area contributed by atoms with Gasteiger partial charge in [-0.05, 0) is 19.9 Å². The third-order valence-electron chi connectivity index (χ3n) is 2.41. The highest BCUT2D eigenvalue weighted by atomic mass is 15.1. The lowest BCUT2D eigenvalue weighted by atomic mass is 10.1. The predicted octanol–water partition coefficient (Wildman–Crippen LogP) is 2.74. The molecular formula is C12H15N3. The number of rotatable bonds is 2. The fourth-order valence-electron chi connectivity index (χ4n) is 1.65. The molecule has 3 heteroatoms. The summed E-state index contributed by atoms with van der Waals surface area (Å²) in [7, 11) is 1.86. The monoisotopic (exact) mass is 201 g/mol. The van der Waals surface area contributed by atoms with Crippen LogP contribution in [0.3, 0.4) is 0 Å². The molecule has 0 aliphatic heterocycles. The topological polar surface area (TPSA) is 40.7 Å². The van der Waals surface area contributed by atoms with Crippen molar-refractivity contribution in [1.29, 1.82) is 0 Å². The van der Waals surface area contributed by atoms with Gasteiger partial charge in [-0.25, -0.2) is 4.98 Å². The maximum absolute atomic E-state index is 4.47. The molecule has 0 aliphatic carbocycles. The Balaban J connectivity index is 2.48.